The lowest BCUT2D eigenvalue weighted by Gasteiger charge is -2.26. The van der Waals surface area contributed by atoms with Crippen LogP contribution in [0.2, 0.25) is 0 Å². The van der Waals surface area contributed by atoms with Gasteiger partial charge in [0.1, 0.15) is 0 Å². The van der Waals surface area contributed by atoms with E-state index in [0.29, 0.717) is 6.54 Å². The van der Waals surface area contributed by atoms with Gasteiger partial charge in [0.05, 0.1) is 19.5 Å². The lowest BCUT2D eigenvalue weighted by atomic mass is 9.98. The Kier molecular flexibility index (Phi) is 10.2. The number of aliphatic imine (C=N–C) groups is 1. The van der Waals surface area contributed by atoms with E-state index in [9.17, 15) is 0 Å². The zero-order chi connectivity index (χ0) is 22.0. The maximum absolute atomic E-state index is 5.41. The van der Waals surface area contributed by atoms with Crippen LogP contribution in [0.4, 0.5) is 0 Å². The van der Waals surface area contributed by atoms with Gasteiger partial charge < -0.3 is 19.9 Å². The summed E-state index contributed by atoms with van der Waals surface area (Å²) in [4.78, 5) is 10.9. The molecule has 0 atom stereocenters. The number of aromatic nitrogens is 2. The fourth-order valence-electron chi connectivity index (χ4n) is 3.89. The summed E-state index contributed by atoms with van der Waals surface area (Å²) >= 11 is 0. The Morgan fingerprint density at radius 1 is 1.06 bits per heavy atom. The molecule has 1 aromatic heterocycles. The molecule has 176 valence electrons. The molecule has 2 heterocycles. The van der Waals surface area contributed by atoms with Crippen molar-refractivity contribution >= 4 is 29.9 Å². The summed E-state index contributed by atoms with van der Waals surface area (Å²) < 4.78 is 7.49. The maximum atomic E-state index is 5.41. The molecule has 0 amide bonds. The molecule has 1 aliphatic rings. The molecule has 2 aromatic carbocycles. The number of halogens is 1. The molecule has 0 bridgehead atoms. The highest BCUT2D eigenvalue weighted by Gasteiger charge is 2.10. The number of nitrogens with zero attached hydrogens (tertiary/aromatic N) is 4. The zero-order valence-corrected chi connectivity index (χ0v) is 21.4. The largest absolute Gasteiger partial charge is 0.379 e. The van der Waals surface area contributed by atoms with Crippen LogP contribution < -0.4 is 10.6 Å². The maximum Gasteiger partial charge on any atom is 0.191 e. The van der Waals surface area contributed by atoms with E-state index in [-0.39, 0.29) is 24.0 Å². The molecule has 0 unspecified atom stereocenters. The second kappa shape index (κ2) is 13.3. The molecular formula is C25H33IN6O. The fourth-order valence-corrected chi connectivity index (χ4v) is 3.89. The molecule has 3 aromatic rings. The summed E-state index contributed by atoms with van der Waals surface area (Å²) in [5, 5.41) is 6.88. The van der Waals surface area contributed by atoms with Gasteiger partial charge in [-0.05, 0) is 22.3 Å². The average molecular weight is 560 g/mol. The number of guanidine groups is 1. The van der Waals surface area contributed by atoms with Crippen molar-refractivity contribution in [3.05, 3.63) is 78.4 Å². The van der Waals surface area contributed by atoms with Gasteiger partial charge in [0.2, 0.25) is 0 Å². The highest BCUT2D eigenvalue weighted by atomic mass is 127. The van der Waals surface area contributed by atoms with Crippen LogP contribution in [0, 0.1) is 0 Å². The Balaban J connectivity index is 0.00000306. The first-order valence-corrected chi connectivity index (χ1v) is 11.2. The quantitative estimate of drug-likeness (QED) is 0.252. The van der Waals surface area contributed by atoms with Crippen molar-refractivity contribution in [3.8, 4) is 11.1 Å². The van der Waals surface area contributed by atoms with Gasteiger partial charge in [0.25, 0.3) is 0 Å². The van der Waals surface area contributed by atoms with Gasteiger partial charge >= 0.3 is 0 Å². The number of nitrogens with one attached hydrogen (secondary N) is 2. The summed E-state index contributed by atoms with van der Waals surface area (Å²) in [6.45, 7) is 7.05. The molecule has 7 nitrogen and oxygen atoms in total. The van der Waals surface area contributed by atoms with Crippen LogP contribution in [0.1, 0.15) is 11.1 Å². The van der Waals surface area contributed by atoms with Gasteiger partial charge in [0, 0.05) is 58.7 Å². The third-order valence-electron chi connectivity index (χ3n) is 5.70. The first-order chi connectivity index (χ1) is 15.8. The highest BCUT2D eigenvalue weighted by Crippen LogP contribution is 2.24. The Bertz CT molecular complexity index is 984. The predicted octanol–water partition coefficient (Wildman–Crippen LogP) is 3.21. The molecule has 0 spiro atoms. The van der Waals surface area contributed by atoms with E-state index in [1.54, 1.807) is 0 Å². The first kappa shape index (κ1) is 25.2. The second-order valence-electron chi connectivity index (χ2n) is 7.90. The van der Waals surface area contributed by atoms with E-state index in [1.165, 1.54) is 22.3 Å². The van der Waals surface area contributed by atoms with E-state index < -0.39 is 0 Å². The van der Waals surface area contributed by atoms with Crippen molar-refractivity contribution < 1.29 is 4.74 Å². The van der Waals surface area contributed by atoms with Crippen LogP contribution in [0.3, 0.4) is 0 Å². The third kappa shape index (κ3) is 7.55. The topological polar surface area (TPSA) is 66.7 Å². The molecule has 1 aliphatic heterocycles. The van der Waals surface area contributed by atoms with Gasteiger partial charge in [-0.2, -0.15) is 0 Å². The van der Waals surface area contributed by atoms with Crippen molar-refractivity contribution in [2.45, 2.75) is 13.1 Å². The van der Waals surface area contributed by atoms with Crippen LogP contribution in [-0.4, -0.2) is 66.9 Å². The van der Waals surface area contributed by atoms with Gasteiger partial charge in [-0.3, -0.25) is 9.89 Å². The summed E-state index contributed by atoms with van der Waals surface area (Å²) in [6.07, 6.45) is 5.64. The van der Waals surface area contributed by atoms with E-state index in [0.717, 1.165) is 51.9 Å². The van der Waals surface area contributed by atoms with Gasteiger partial charge in [0.15, 0.2) is 5.96 Å². The summed E-state index contributed by atoms with van der Waals surface area (Å²) in [5.41, 5.74) is 4.95. The van der Waals surface area contributed by atoms with Crippen molar-refractivity contribution in [1.82, 2.24) is 25.1 Å². The van der Waals surface area contributed by atoms with Crippen molar-refractivity contribution in [3.63, 3.8) is 0 Å². The molecule has 1 saturated heterocycles. The number of rotatable bonds is 8. The Labute approximate surface area is 213 Å². The fraction of sp³-hybridized carbons (Fsp3) is 0.360. The number of hydrogen-bond acceptors (Lipinski definition) is 4. The SMILES string of the molecule is CN=C(NCCN1CCOCC1)NCc1ccccc1-c1ccc(Cn2ccnc2)cc1.I. The normalized spacial score (nSPS) is 14.5. The average Bonchev–Trinajstić information content (AvgIpc) is 3.36. The minimum absolute atomic E-state index is 0. The molecule has 0 aliphatic carbocycles. The van der Waals surface area contributed by atoms with Crippen molar-refractivity contribution in [1.29, 1.82) is 0 Å². The van der Waals surface area contributed by atoms with E-state index in [4.69, 9.17) is 4.74 Å². The van der Waals surface area contributed by atoms with E-state index in [2.05, 4.69) is 78.6 Å². The monoisotopic (exact) mass is 560 g/mol. The molecule has 33 heavy (non-hydrogen) atoms. The van der Waals surface area contributed by atoms with Crippen LogP contribution in [0.15, 0.2) is 72.2 Å². The summed E-state index contributed by atoms with van der Waals surface area (Å²) in [5.74, 6) is 0.823. The number of morpholine rings is 1. The zero-order valence-electron chi connectivity index (χ0n) is 19.1. The van der Waals surface area contributed by atoms with Gasteiger partial charge in [-0.15, -0.1) is 24.0 Å². The minimum atomic E-state index is 0. The molecular weight excluding hydrogens is 527 g/mol. The lowest BCUT2D eigenvalue weighted by molar-refractivity contribution is 0.0389. The Morgan fingerprint density at radius 3 is 2.58 bits per heavy atom. The van der Waals surface area contributed by atoms with Gasteiger partial charge in [-0.25, -0.2) is 4.98 Å². The molecule has 8 heteroatoms. The first-order valence-electron chi connectivity index (χ1n) is 11.2. The standard InChI is InChI=1S/C25H32N6O.HI/c1-26-25(28-11-13-30-14-16-32-17-15-30)29-18-23-4-2-3-5-24(23)22-8-6-21(7-9-22)19-31-12-10-27-20-31;/h2-10,12,20H,11,13-19H2,1H3,(H2,26,28,29);1H. The van der Waals surface area contributed by atoms with Crippen LogP contribution >= 0.6 is 24.0 Å². The number of hydrogen-bond donors (Lipinski definition) is 2. The Morgan fingerprint density at radius 2 is 1.85 bits per heavy atom. The smallest absolute Gasteiger partial charge is 0.191 e. The lowest BCUT2D eigenvalue weighted by Crippen LogP contribution is -2.44. The van der Waals surface area contributed by atoms with Crippen molar-refractivity contribution in [2.75, 3.05) is 46.4 Å². The second-order valence-corrected chi connectivity index (χ2v) is 7.90. The summed E-state index contributed by atoms with van der Waals surface area (Å²) in [7, 11) is 1.81. The van der Waals surface area contributed by atoms with Crippen molar-refractivity contribution in [2.24, 2.45) is 4.99 Å². The molecule has 4 rings (SSSR count). The number of ether oxygens (including phenoxy) is 1. The molecule has 0 radical (unpaired) electrons. The van der Waals surface area contributed by atoms with E-state index in [1.807, 2.05) is 25.8 Å². The van der Waals surface area contributed by atoms with Crippen LogP contribution in [0.25, 0.3) is 11.1 Å². The summed E-state index contributed by atoms with van der Waals surface area (Å²) in [6, 6.07) is 17.3. The Hall–Kier alpha value is -2.43. The molecule has 1 fully saturated rings. The molecule has 0 saturated carbocycles. The highest BCUT2D eigenvalue weighted by molar-refractivity contribution is 14.0. The van der Waals surface area contributed by atoms with E-state index >= 15 is 0 Å². The number of benzene rings is 2. The van der Waals surface area contributed by atoms with Gasteiger partial charge in [-0.1, -0.05) is 48.5 Å². The van der Waals surface area contributed by atoms with Crippen LogP contribution in [-0.2, 0) is 17.8 Å². The molecule has 2 N–H and O–H groups in total. The van der Waals surface area contributed by atoms with Crippen LogP contribution in [0.5, 0.6) is 0 Å². The number of imidazole rings is 1. The third-order valence-corrected chi connectivity index (χ3v) is 5.70. The predicted molar refractivity (Wildman–Crippen MR) is 144 cm³/mol. The minimum Gasteiger partial charge on any atom is -0.379 e.